The van der Waals surface area contributed by atoms with Crippen molar-refractivity contribution in [2.75, 3.05) is 23.3 Å². The fourth-order valence-electron chi connectivity index (χ4n) is 3.79. The van der Waals surface area contributed by atoms with Gasteiger partial charge in [-0.3, -0.25) is 4.79 Å². The molecule has 0 atom stereocenters. The van der Waals surface area contributed by atoms with Crippen LogP contribution in [0.2, 0.25) is 0 Å². The first-order chi connectivity index (χ1) is 14.1. The predicted molar refractivity (Wildman–Crippen MR) is 117 cm³/mol. The minimum absolute atomic E-state index is 0.113. The smallest absolute Gasteiger partial charge is 0.255 e. The van der Waals surface area contributed by atoms with Gasteiger partial charge in [-0.2, -0.15) is 0 Å². The second-order valence-corrected chi connectivity index (χ2v) is 7.73. The number of anilines is 2. The molecule has 1 aliphatic rings. The van der Waals surface area contributed by atoms with Gasteiger partial charge in [-0.05, 0) is 74.1 Å². The van der Waals surface area contributed by atoms with Gasteiger partial charge >= 0.3 is 0 Å². The van der Waals surface area contributed by atoms with Crippen molar-refractivity contribution in [2.45, 2.75) is 33.1 Å². The molecule has 2 aromatic carbocycles. The van der Waals surface area contributed by atoms with Crippen LogP contribution in [0.1, 0.15) is 40.7 Å². The SMILES string of the molecule is Cc1cc(C)cc(NC(=O)c2ccc(-c3cnc(N4CCCCC4)nc3)cc2)c1. The number of aryl methyl sites for hydroxylation is 2. The monoisotopic (exact) mass is 386 g/mol. The number of amides is 1. The molecule has 0 bridgehead atoms. The van der Waals surface area contributed by atoms with Crippen molar-refractivity contribution in [1.82, 2.24) is 9.97 Å². The average Bonchev–Trinajstić information content (AvgIpc) is 2.74. The molecule has 0 unspecified atom stereocenters. The number of carbonyl (C=O) groups excluding carboxylic acids is 1. The largest absolute Gasteiger partial charge is 0.341 e. The molecule has 2 heterocycles. The lowest BCUT2D eigenvalue weighted by Crippen LogP contribution is -2.30. The maximum Gasteiger partial charge on any atom is 0.255 e. The Morgan fingerprint density at radius 2 is 1.48 bits per heavy atom. The van der Waals surface area contributed by atoms with Gasteiger partial charge in [0.25, 0.3) is 5.91 Å². The third-order valence-corrected chi connectivity index (χ3v) is 5.24. The molecule has 4 rings (SSSR count). The van der Waals surface area contributed by atoms with E-state index in [-0.39, 0.29) is 5.91 Å². The Morgan fingerprint density at radius 3 is 2.10 bits per heavy atom. The van der Waals surface area contributed by atoms with Crippen molar-refractivity contribution in [2.24, 2.45) is 0 Å². The Balaban J connectivity index is 1.45. The van der Waals surface area contributed by atoms with Gasteiger partial charge in [-0.25, -0.2) is 9.97 Å². The van der Waals surface area contributed by atoms with E-state index >= 15 is 0 Å². The second-order valence-electron chi connectivity index (χ2n) is 7.73. The number of aromatic nitrogens is 2. The van der Waals surface area contributed by atoms with Crippen LogP contribution >= 0.6 is 0 Å². The number of rotatable bonds is 4. The Bertz CT molecular complexity index is 970. The molecular formula is C24H26N4O. The Hall–Kier alpha value is -3.21. The minimum atomic E-state index is -0.113. The summed E-state index contributed by atoms with van der Waals surface area (Å²) in [7, 11) is 0. The van der Waals surface area contributed by atoms with Gasteiger partial charge in [0.1, 0.15) is 0 Å². The van der Waals surface area contributed by atoms with E-state index < -0.39 is 0 Å². The van der Waals surface area contributed by atoms with E-state index in [1.54, 1.807) is 0 Å². The molecule has 3 aromatic rings. The van der Waals surface area contributed by atoms with Crippen LogP contribution in [-0.4, -0.2) is 29.0 Å². The predicted octanol–water partition coefficient (Wildman–Crippen LogP) is 5.00. The molecule has 0 spiro atoms. The van der Waals surface area contributed by atoms with Crippen LogP contribution in [0, 0.1) is 13.8 Å². The zero-order valence-corrected chi connectivity index (χ0v) is 17.0. The normalized spacial score (nSPS) is 13.9. The lowest BCUT2D eigenvalue weighted by Gasteiger charge is -2.26. The topological polar surface area (TPSA) is 58.1 Å². The van der Waals surface area contributed by atoms with Gasteiger partial charge in [-0.15, -0.1) is 0 Å². The Morgan fingerprint density at radius 1 is 0.862 bits per heavy atom. The van der Waals surface area contributed by atoms with E-state index in [0.717, 1.165) is 47.0 Å². The van der Waals surface area contributed by atoms with Crippen molar-refractivity contribution >= 4 is 17.5 Å². The van der Waals surface area contributed by atoms with Crippen molar-refractivity contribution in [1.29, 1.82) is 0 Å². The van der Waals surface area contributed by atoms with Gasteiger partial charge in [0, 0.05) is 42.3 Å². The molecule has 1 aliphatic heterocycles. The van der Waals surface area contributed by atoms with Crippen LogP contribution in [0.25, 0.3) is 11.1 Å². The summed E-state index contributed by atoms with van der Waals surface area (Å²) >= 11 is 0. The quantitative estimate of drug-likeness (QED) is 0.685. The number of benzene rings is 2. The molecule has 0 radical (unpaired) electrons. The summed E-state index contributed by atoms with van der Waals surface area (Å²) in [4.78, 5) is 23.9. The number of hydrogen-bond donors (Lipinski definition) is 1. The lowest BCUT2D eigenvalue weighted by molar-refractivity contribution is 0.102. The van der Waals surface area contributed by atoms with Crippen LogP contribution in [0.3, 0.4) is 0 Å². The second kappa shape index (κ2) is 8.43. The molecule has 0 aliphatic carbocycles. The fraction of sp³-hybridized carbons (Fsp3) is 0.292. The molecule has 5 heteroatoms. The van der Waals surface area contributed by atoms with Gasteiger partial charge in [0.2, 0.25) is 5.95 Å². The first-order valence-electron chi connectivity index (χ1n) is 10.2. The van der Waals surface area contributed by atoms with Gasteiger partial charge < -0.3 is 10.2 Å². The van der Waals surface area contributed by atoms with E-state index in [1.807, 2.05) is 62.6 Å². The number of nitrogens with one attached hydrogen (secondary N) is 1. The first kappa shape index (κ1) is 19.1. The van der Waals surface area contributed by atoms with E-state index in [9.17, 15) is 4.79 Å². The maximum absolute atomic E-state index is 12.6. The Labute approximate surface area is 171 Å². The summed E-state index contributed by atoms with van der Waals surface area (Å²) < 4.78 is 0. The standard InChI is InChI=1S/C24H26N4O/c1-17-12-18(2)14-22(13-17)27-23(29)20-8-6-19(7-9-20)21-15-25-24(26-16-21)28-10-4-3-5-11-28/h6-9,12-16H,3-5,10-11H2,1-2H3,(H,27,29). The highest BCUT2D eigenvalue weighted by molar-refractivity contribution is 6.04. The molecule has 0 saturated carbocycles. The number of piperidine rings is 1. The molecule has 1 fully saturated rings. The van der Waals surface area contributed by atoms with E-state index in [2.05, 4.69) is 26.3 Å². The summed E-state index contributed by atoms with van der Waals surface area (Å²) in [6.07, 6.45) is 7.43. The van der Waals surface area contributed by atoms with Crippen LogP contribution in [0.5, 0.6) is 0 Å². The van der Waals surface area contributed by atoms with Crippen molar-refractivity contribution in [3.05, 3.63) is 71.5 Å². The number of nitrogens with zero attached hydrogens (tertiary/aromatic N) is 3. The van der Waals surface area contributed by atoms with Crippen molar-refractivity contribution < 1.29 is 4.79 Å². The highest BCUT2D eigenvalue weighted by atomic mass is 16.1. The van der Waals surface area contributed by atoms with Crippen LogP contribution in [0.15, 0.2) is 54.9 Å². The van der Waals surface area contributed by atoms with Gasteiger partial charge in [-0.1, -0.05) is 18.2 Å². The summed E-state index contributed by atoms with van der Waals surface area (Å²) in [6, 6.07) is 13.6. The van der Waals surface area contributed by atoms with Crippen molar-refractivity contribution in [3.8, 4) is 11.1 Å². The third kappa shape index (κ3) is 4.62. The number of hydrogen-bond acceptors (Lipinski definition) is 4. The molecule has 5 nitrogen and oxygen atoms in total. The lowest BCUT2D eigenvalue weighted by atomic mass is 10.1. The van der Waals surface area contributed by atoms with Crippen molar-refractivity contribution in [3.63, 3.8) is 0 Å². The molecule has 1 N–H and O–H groups in total. The average molecular weight is 386 g/mol. The molecule has 1 amide bonds. The summed E-state index contributed by atoms with van der Waals surface area (Å²) in [5.74, 6) is 0.691. The molecule has 1 aromatic heterocycles. The van der Waals surface area contributed by atoms with Crippen LogP contribution < -0.4 is 10.2 Å². The maximum atomic E-state index is 12.6. The highest BCUT2D eigenvalue weighted by Gasteiger charge is 2.13. The first-order valence-corrected chi connectivity index (χ1v) is 10.2. The Kier molecular flexibility index (Phi) is 5.56. The zero-order valence-electron chi connectivity index (χ0n) is 17.0. The molecular weight excluding hydrogens is 360 g/mol. The van der Waals surface area contributed by atoms with Crippen LogP contribution in [-0.2, 0) is 0 Å². The van der Waals surface area contributed by atoms with Gasteiger partial charge in [0.05, 0.1) is 0 Å². The van der Waals surface area contributed by atoms with Crippen LogP contribution in [0.4, 0.5) is 11.6 Å². The summed E-state index contributed by atoms with van der Waals surface area (Å²) in [6.45, 7) is 6.11. The van der Waals surface area contributed by atoms with E-state index in [4.69, 9.17) is 0 Å². The third-order valence-electron chi connectivity index (χ3n) is 5.24. The zero-order chi connectivity index (χ0) is 20.2. The summed E-state index contributed by atoms with van der Waals surface area (Å²) in [5.41, 5.74) is 5.65. The highest BCUT2D eigenvalue weighted by Crippen LogP contribution is 2.22. The molecule has 148 valence electrons. The minimum Gasteiger partial charge on any atom is -0.341 e. The fourth-order valence-corrected chi connectivity index (χ4v) is 3.79. The molecule has 1 saturated heterocycles. The van der Waals surface area contributed by atoms with Gasteiger partial charge in [0.15, 0.2) is 0 Å². The molecule has 29 heavy (non-hydrogen) atoms. The number of carbonyl (C=O) groups is 1. The van der Waals surface area contributed by atoms with E-state index in [0.29, 0.717) is 5.56 Å². The summed E-state index contributed by atoms with van der Waals surface area (Å²) in [5, 5.41) is 2.97. The van der Waals surface area contributed by atoms with E-state index in [1.165, 1.54) is 19.3 Å².